The summed E-state index contributed by atoms with van der Waals surface area (Å²) in [5.41, 5.74) is 2.21. The van der Waals surface area contributed by atoms with Gasteiger partial charge in [0, 0.05) is 0 Å². The van der Waals surface area contributed by atoms with Crippen molar-refractivity contribution >= 4 is 38.4 Å². The molecule has 9 heteroatoms. The number of amides is 1. The predicted molar refractivity (Wildman–Crippen MR) is 141 cm³/mol. The third-order valence-electron chi connectivity index (χ3n) is 5.88. The van der Waals surface area contributed by atoms with Gasteiger partial charge in [0.2, 0.25) is 5.78 Å². The van der Waals surface area contributed by atoms with Gasteiger partial charge in [-0.05, 0) is 61.4 Å². The van der Waals surface area contributed by atoms with Crippen molar-refractivity contribution in [3.8, 4) is 11.5 Å². The zero-order valence-electron chi connectivity index (χ0n) is 20.3. The second kappa shape index (κ2) is 9.94. The number of carbonyl (C=O) groups is 2. The lowest BCUT2D eigenvalue weighted by Crippen LogP contribution is -2.31. The van der Waals surface area contributed by atoms with Crippen LogP contribution in [0.25, 0.3) is 10.2 Å². The molecule has 1 aliphatic rings. The molecule has 0 saturated carbocycles. The number of aromatic nitrogens is 1. The summed E-state index contributed by atoms with van der Waals surface area (Å²) in [6.07, 6.45) is 2.99. The minimum absolute atomic E-state index is 0.0112. The summed E-state index contributed by atoms with van der Waals surface area (Å²) in [6, 6.07) is 13.0. The molecule has 0 saturated heterocycles. The number of ether oxygens (including phenoxy) is 2. The van der Waals surface area contributed by atoms with Crippen LogP contribution in [0.4, 0.5) is 5.13 Å². The van der Waals surface area contributed by atoms with Crippen LogP contribution < -0.4 is 14.4 Å². The van der Waals surface area contributed by atoms with E-state index in [-0.39, 0.29) is 17.9 Å². The van der Waals surface area contributed by atoms with Crippen molar-refractivity contribution in [2.45, 2.75) is 19.9 Å². The van der Waals surface area contributed by atoms with Crippen LogP contribution in [-0.4, -0.2) is 35.0 Å². The van der Waals surface area contributed by atoms with Gasteiger partial charge >= 0.3 is 0 Å². The normalized spacial score (nSPS) is 15.5. The number of fused-ring (bicyclic) bond motifs is 1. The van der Waals surface area contributed by atoms with Crippen LogP contribution in [0.1, 0.15) is 34.6 Å². The van der Waals surface area contributed by atoms with Crippen molar-refractivity contribution in [2.24, 2.45) is 0 Å². The maximum Gasteiger partial charge on any atom is 0.296 e. The molecule has 2 aromatic carbocycles. The fraction of sp³-hybridized carbons (Fsp3) is 0.179. The van der Waals surface area contributed by atoms with E-state index in [1.807, 2.05) is 32.0 Å². The number of thiazole rings is 1. The van der Waals surface area contributed by atoms with Gasteiger partial charge in [0.25, 0.3) is 5.91 Å². The van der Waals surface area contributed by atoms with E-state index >= 15 is 0 Å². The molecule has 0 radical (unpaired) electrons. The third-order valence-corrected chi connectivity index (χ3v) is 6.89. The van der Waals surface area contributed by atoms with Gasteiger partial charge in [-0.25, -0.2) is 4.98 Å². The summed E-state index contributed by atoms with van der Waals surface area (Å²) >= 11 is 1.31. The Morgan fingerprint density at radius 3 is 2.78 bits per heavy atom. The summed E-state index contributed by atoms with van der Waals surface area (Å²) in [6.45, 7) is 8.14. The molecule has 8 nitrogen and oxygen atoms in total. The molecular formula is C28H24N2O6S. The number of aliphatic hydroxyl groups is 1. The first kappa shape index (κ1) is 24.3. The minimum atomic E-state index is -0.973. The number of aliphatic hydroxyl groups excluding tert-OH is 1. The number of rotatable bonds is 9. The van der Waals surface area contributed by atoms with E-state index in [1.54, 1.807) is 30.3 Å². The van der Waals surface area contributed by atoms with Crippen LogP contribution in [0.5, 0.6) is 11.5 Å². The molecule has 37 heavy (non-hydrogen) atoms. The molecule has 0 bridgehead atoms. The summed E-state index contributed by atoms with van der Waals surface area (Å²) in [7, 11) is 0. The molecule has 1 aliphatic heterocycles. The number of anilines is 1. The molecular weight excluding hydrogens is 492 g/mol. The molecule has 1 N–H and O–H groups in total. The highest BCUT2D eigenvalue weighted by Gasteiger charge is 2.46. The van der Waals surface area contributed by atoms with E-state index in [0.717, 1.165) is 10.3 Å². The van der Waals surface area contributed by atoms with Gasteiger partial charge in [0.15, 0.2) is 28.1 Å². The Labute approximate surface area is 217 Å². The summed E-state index contributed by atoms with van der Waals surface area (Å²) in [5.74, 6) is -1.02. The lowest BCUT2D eigenvalue weighted by atomic mass is 9.95. The summed E-state index contributed by atoms with van der Waals surface area (Å²) < 4.78 is 17.7. The first-order valence-corrected chi connectivity index (χ1v) is 12.5. The Balaban J connectivity index is 1.67. The van der Waals surface area contributed by atoms with Gasteiger partial charge in [-0.15, -0.1) is 0 Å². The van der Waals surface area contributed by atoms with E-state index in [9.17, 15) is 14.7 Å². The van der Waals surface area contributed by atoms with Gasteiger partial charge in [-0.2, -0.15) is 0 Å². The van der Waals surface area contributed by atoms with Gasteiger partial charge in [-0.3, -0.25) is 14.5 Å². The summed E-state index contributed by atoms with van der Waals surface area (Å²) in [5, 5.41) is 11.3. The van der Waals surface area contributed by atoms with Crippen molar-refractivity contribution in [2.75, 3.05) is 18.1 Å². The van der Waals surface area contributed by atoms with Gasteiger partial charge in [0.1, 0.15) is 6.61 Å². The average Bonchev–Trinajstić information content (AvgIpc) is 3.62. The number of benzene rings is 2. The van der Waals surface area contributed by atoms with Gasteiger partial charge < -0.3 is 19.0 Å². The highest BCUT2D eigenvalue weighted by Crippen LogP contribution is 2.45. The zero-order chi connectivity index (χ0) is 26.1. The molecule has 4 aromatic rings. The average molecular weight is 517 g/mol. The molecule has 3 heterocycles. The van der Waals surface area contributed by atoms with Crippen molar-refractivity contribution in [1.82, 2.24) is 4.98 Å². The number of hydrogen-bond acceptors (Lipinski definition) is 8. The lowest BCUT2D eigenvalue weighted by molar-refractivity contribution is -0.117. The Morgan fingerprint density at radius 1 is 1.22 bits per heavy atom. The molecule has 188 valence electrons. The van der Waals surface area contributed by atoms with Crippen LogP contribution in [0, 0.1) is 6.92 Å². The molecule has 0 spiro atoms. The number of nitrogens with zero attached hydrogens (tertiary/aromatic N) is 2. The van der Waals surface area contributed by atoms with Crippen molar-refractivity contribution in [3.63, 3.8) is 0 Å². The van der Waals surface area contributed by atoms with E-state index in [1.165, 1.54) is 28.6 Å². The number of ketones is 1. The highest BCUT2D eigenvalue weighted by atomic mass is 32.1. The van der Waals surface area contributed by atoms with E-state index < -0.39 is 23.5 Å². The van der Waals surface area contributed by atoms with E-state index in [2.05, 4.69) is 11.6 Å². The Morgan fingerprint density at radius 2 is 2.05 bits per heavy atom. The Bertz CT molecular complexity index is 1540. The quantitative estimate of drug-likeness (QED) is 0.217. The minimum Gasteiger partial charge on any atom is -0.503 e. The second-order valence-corrected chi connectivity index (χ2v) is 9.36. The monoisotopic (exact) mass is 516 g/mol. The van der Waals surface area contributed by atoms with Crippen LogP contribution in [0.3, 0.4) is 0 Å². The first-order chi connectivity index (χ1) is 17.9. The molecule has 1 amide bonds. The Kier molecular flexibility index (Phi) is 6.54. The smallest absolute Gasteiger partial charge is 0.296 e. The molecule has 2 aromatic heterocycles. The maximum absolute atomic E-state index is 13.5. The number of Topliss-reactive ketones (excluding diaryl/α,β-unsaturated/α-hetero) is 1. The molecule has 0 fully saturated rings. The van der Waals surface area contributed by atoms with Crippen LogP contribution >= 0.6 is 11.3 Å². The largest absolute Gasteiger partial charge is 0.503 e. The molecule has 5 rings (SSSR count). The first-order valence-electron chi connectivity index (χ1n) is 11.7. The van der Waals surface area contributed by atoms with Gasteiger partial charge in [0.05, 0.1) is 34.7 Å². The number of carbonyl (C=O) groups excluding carboxylic acids is 2. The zero-order valence-corrected chi connectivity index (χ0v) is 21.1. The standard InChI is InChI=1S/C28H24N2O6S/c1-4-12-35-19-11-9-17(15-21(19)34-5-2)24-23(25(31)20-7-6-13-36-20)26(32)27(33)30(24)28-29-18-10-8-16(3)14-22(18)37-28/h4,6-11,13-15,24,32H,1,5,12H2,2-3H3. The number of aryl methyl sites for hydroxylation is 1. The predicted octanol–water partition coefficient (Wildman–Crippen LogP) is 5.94. The Hall–Kier alpha value is -4.37. The van der Waals surface area contributed by atoms with E-state index in [0.29, 0.717) is 34.3 Å². The van der Waals surface area contributed by atoms with Crippen LogP contribution in [0.15, 0.2) is 83.2 Å². The fourth-order valence-corrected chi connectivity index (χ4v) is 5.33. The maximum atomic E-state index is 13.5. The summed E-state index contributed by atoms with van der Waals surface area (Å²) in [4.78, 5) is 33.0. The topological polar surface area (TPSA) is 102 Å². The molecule has 1 unspecified atom stereocenters. The van der Waals surface area contributed by atoms with Crippen molar-refractivity contribution < 1.29 is 28.6 Å². The van der Waals surface area contributed by atoms with E-state index in [4.69, 9.17) is 13.9 Å². The van der Waals surface area contributed by atoms with Crippen LogP contribution in [-0.2, 0) is 4.79 Å². The molecule has 1 atom stereocenters. The third kappa shape index (κ3) is 4.38. The lowest BCUT2D eigenvalue weighted by Gasteiger charge is -2.25. The van der Waals surface area contributed by atoms with Gasteiger partial charge in [-0.1, -0.05) is 36.1 Å². The SMILES string of the molecule is C=CCOc1ccc(C2C(C(=O)c3ccco3)=C(O)C(=O)N2c2nc3ccc(C)cc3s2)cc1OCC. The number of furan rings is 1. The molecule has 0 aliphatic carbocycles. The van der Waals surface area contributed by atoms with Crippen LogP contribution in [0.2, 0.25) is 0 Å². The van der Waals surface area contributed by atoms with Crippen molar-refractivity contribution in [1.29, 1.82) is 0 Å². The fourth-order valence-electron chi connectivity index (χ4n) is 4.24. The second-order valence-electron chi connectivity index (χ2n) is 8.35. The number of hydrogen-bond donors (Lipinski definition) is 1. The highest BCUT2D eigenvalue weighted by molar-refractivity contribution is 7.22. The van der Waals surface area contributed by atoms with Crippen molar-refractivity contribution in [3.05, 3.63) is 95.7 Å².